The molecule has 1 N–H and O–H groups in total. The van der Waals surface area contributed by atoms with E-state index in [2.05, 4.69) is 10.2 Å². The van der Waals surface area contributed by atoms with Gasteiger partial charge in [-0.3, -0.25) is 4.79 Å². The van der Waals surface area contributed by atoms with Gasteiger partial charge in [-0.15, -0.1) is 0 Å². The fourth-order valence-corrected chi connectivity index (χ4v) is 5.09. The summed E-state index contributed by atoms with van der Waals surface area (Å²) in [6.07, 6.45) is 0. The quantitative estimate of drug-likeness (QED) is 0.697. The van der Waals surface area contributed by atoms with E-state index in [1.807, 2.05) is 24.3 Å². The fraction of sp³-hybridized carbons (Fsp3) is 0.381. The van der Waals surface area contributed by atoms with E-state index in [-0.39, 0.29) is 15.5 Å². The fourth-order valence-electron chi connectivity index (χ4n) is 3.40. The van der Waals surface area contributed by atoms with Crippen LogP contribution >= 0.6 is 11.6 Å². The third kappa shape index (κ3) is 4.78. The lowest BCUT2D eigenvalue weighted by atomic mass is 10.2. The minimum absolute atomic E-state index is 0.0437. The summed E-state index contributed by atoms with van der Waals surface area (Å²) in [5.74, 6) is -0.461. The van der Waals surface area contributed by atoms with Gasteiger partial charge in [0.15, 0.2) is 0 Å². The molecule has 3 rings (SSSR count). The number of amides is 1. The molecule has 0 spiro atoms. The second-order valence-corrected chi connectivity index (χ2v) is 9.15. The average Bonchev–Trinajstić information content (AvgIpc) is 2.75. The number of halogens is 1. The predicted octanol–water partition coefficient (Wildman–Crippen LogP) is 3.46. The Hall–Kier alpha value is -2.13. The molecule has 0 saturated carbocycles. The highest BCUT2D eigenvalue weighted by Crippen LogP contribution is 2.29. The van der Waals surface area contributed by atoms with Crippen molar-refractivity contribution in [2.24, 2.45) is 0 Å². The van der Waals surface area contributed by atoms with Crippen molar-refractivity contribution < 1.29 is 17.9 Å². The van der Waals surface area contributed by atoms with E-state index >= 15 is 0 Å². The Labute approximate surface area is 182 Å². The van der Waals surface area contributed by atoms with E-state index < -0.39 is 15.9 Å². The Bertz CT molecular complexity index is 1000. The summed E-state index contributed by atoms with van der Waals surface area (Å²) in [7, 11) is -3.70. The zero-order chi connectivity index (χ0) is 21.7. The molecule has 0 atom stereocenters. The maximum atomic E-state index is 13.0. The Morgan fingerprint density at radius 1 is 1.13 bits per heavy atom. The van der Waals surface area contributed by atoms with Crippen LogP contribution in [0.2, 0.25) is 5.02 Å². The number of hydrogen-bond donors (Lipinski definition) is 1. The number of para-hydroxylation sites is 2. The number of carbonyl (C=O) groups is 1. The topological polar surface area (TPSA) is 79.0 Å². The van der Waals surface area contributed by atoms with Crippen LogP contribution in [-0.2, 0) is 14.8 Å². The van der Waals surface area contributed by atoms with Crippen molar-refractivity contribution in [3.8, 4) is 0 Å². The smallest absolute Gasteiger partial charge is 0.257 e. The van der Waals surface area contributed by atoms with Gasteiger partial charge < -0.3 is 15.0 Å². The molecule has 1 aliphatic heterocycles. The molecule has 1 heterocycles. The van der Waals surface area contributed by atoms with Crippen LogP contribution in [-0.4, -0.2) is 58.0 Å². The summed E-state index contributed by atoms with van der Waals surface area (Å²) in [4.78, 5) is 15.2. The van der Waals surface area contributed by atoms with Crippen molar-refractivity contribution in [3.63, 3.8) is 0 Å². The van der Waals surface area contributed by atoms with Crippen molar-refractivity contribution in [1.29, 1.82) is 0 Å². The molecule has 162 valence electrons. The molecular formula is C21H26ClN3O4S. The van der Waals surface area contributed by atoms with Crippen LogP contribution in [0.3, 0.4) is 0 Å². The third-order valence-electron chi connectivity index (χ3n) is 5.03. The molecule has 1 amide bonds. The Balaban J connectivity index is 1.90. The van der Waals surface area contributed by atoms with Gasteiger partial charge >= 0.3 is 0 Å². The SMILES string of the molecule is CCN(CC)S(=O)(=O)c1ccc(Cl)c(C(=O)Nc2ccccc2N2CCOCC2)c1. The normalized spacial score (nSPS) is 14.7. The number of rotatable bonds is 7. The first-order chi connectivity index (χ1) is 14.4. The van der Waals surface area contributed by atoms with Gasteiger partial charge in [0.05, 0.1) is 40.1 Å². The second kappa shape index (κ2) is 9.78. The average molecular weight is 452 g/mol. The van der Waals surface area contributed by atoms with Crippen molar-refractivity contribution in [3.05, 3.63) is 53.1 Å². The molecule has 9 heteroatoms. The Morgan fingerprint density at radius 2 is 1.80 bits per heavy atom. The lowest BCUT2D eigenvalue weighted by molar-refractivity contribution is 0.102. The van der Waals surface area contributed by atoms with E-state index in [0.717, 1.165) is 18.8 Å². The summed E-state index contributed by atoms with van der Waals surface area (Å²) >= 11 is 6.25. The zero-order valence-electron chi connectivity index (χ0n) is 17.1. The van der Waals surface area contributed by atoms with Gasteiger partial charge in [-0.2, -0.15) is 4.31 Å². The number of nitrogens with zero attached hydrogens (tertiary/aromatic N) is 2. The van der Waals surface area contributed by atoms with Crippen LogP contribution in [0, 0.1) is 0 Å². The molecule has 0 aliphatic carbocycles. The van der Waals surface area contributed by atoms with Gasteiger partial charge in [-0.1, -0.05) is 37.6 Å². The molecule has 1 aliphatic rings. The summed E-state index contributed by atoms with van der Waals surface area (Å²) in [5, 5.41) is 3.08. The molecule has 0 bridgehead atoms. The molecule has 2 aromatic carbocycles. The first-order valence-electron chi connectivity index (χ1n) is 9.91. The monoisotopic (exact) mass is 451 g/mol. The molecule has 30 heavy (non-hydrogen) atoms. The van der Waals surface area contributed by atoms with Crippen LogP contribution in [0.4, 0.5) is 11.4 Å². The van der Waals surface area contributed by atoms with Crippen molar-refractivity contribution in [2.45, 2.75) is 18.7 Å². The summed E-state index contributed by atoms with van der Waals surface area (Å²) in [5.41, 5.74) is 1.64. The minimum atomic E-state index is -3.70. The van der Waals surface area contributed by atoms with Gasteiger partial charge in [-0.25, -0.2) is 8.42 Å². The number of nitrogens with one attached hydrogen (secondary N) is 1. The van der Waals surface area contributed by atoms with E-state index in [4.69, 9.17) is 16.3 Å². The van der Waals surface area contributed by atoms with E-state index in [1.165, 1.54) is 22.5 Å². The maximum absolute atomic E-state index is 13.0. The van der Waals surface area contributed by atoms with Crippen LogP contribution in [0.15, 0.2) is 47.4 Å². The second-order valence-electron chi connectivity index (χ2n) is 6.80. The lowest BCUT2D eigenvalue weighted by Gasteiger charge is -2.30. The highest BCUT2D eigenvalue weighted by Gasteiger charge is 2.24. The molecule has 0 radical (unpaired) electrons. The maximum Gasteiger partial charge on any atom is 0.257 e. The molecular weight excluding hydrogens is 426 g/mol. The first kappa shape index (κ1) is 22.6. The Morgan fingerprint density at radius 3 is 2.47 bits per heavy atom. The third-order valence-corrected chi connectivity index (χ3v) is 7.41. The summed E-state index contributed by atoms with van der Waals surface area (Å²) in [6, 6.07) is 11.7. The number of anilines is 2. The van der Waals surface area contributed by atoms with Crippen molar-refractivity contribution >= 4 is 38.9 Å². The van der Waals surface area contributed by atoms with E-state index in [9.17, 15) is 13.2 Å². The molecule has 2 aromatic rings. The van der Waals surface area contributed by atoms with Crippen LogP contribution in [0.5, 0.6) is 0 Å². The molecule has 0 aromatic heterocycles. The number of ether oxygens (including phenoxy) is 1. The van der Waals surface area contributed by atoms with E-state index in [1.54, 1.807) is 13.8 Å². The van der Waals surface area contributed by atoms with Gasteiger partial charge in [0.25, 0.3) is 5.91 Å². The van der Waals surface area contributed by atoms with Crippen molar-refractivity contribution in [2.75, 3.05) is 49.6 Å². The van der Waals surface area contributed by atoms with Gasteiger partial charge in [0.2, 0.25) is 10.0 Å². The predicted molar refractivity (Wildman–Crippen MR) is 119 cm³/mol. The molecule has 1 fully saturated rings. The Kier molecular flexibility index (Phi) is 7.36. The van der Waals surface area contributed by atoms with E-state index in [0.29, 0.717) is 32.0 Å². The van der Waals surface area contributed by atoms with Gasteiger partial charge in [-0.05, 0) is 30.3 Å². The van der Waals surface area contributed by atoms with Crippen LogP contribution in [0.1, 0.15) is 24.2 Å². The lowest BCUT2D eigenvalue weighted by Crippen LogP contribution is -2.36. The number of carbonyl (C=O) groups excluding carboxylic acids is 1. The number of morpholine rings is 1. The standard InChI is InChI=1S/C21H26ClN3O4S/c1-3-25(4-2)30(27,28)16-9-10-18(22)17(15-16)21(26)23-19-7-5-6-8-20(19)24-11-13-29-14-12-24/h5-10,15H,3-4,11-14H2,1-2H3,(H,23,26). The summed E-state index contributed by atoms with van der Waals surface area (Å²) in [6.45, 7) is 6.93. The van der Waals surface area contributed by atoms with Crippen molar-refractivity contribution in [1.82, 2.24) is 4.31 Å². The van der Waals surface area contributed by atoms with Gasteiger partial charge in [0, 0.05) is 26.2 Å². The minimum Gasteiger partial charge on any atom is -0.378 e. The number of sulfonamides is 1. The number of hydrogen-bond acceptors (Lipinski definition) is 5. The van der Waals surface area contributed by atoms with Gasteiger partial charge in [0.1, 0.15) is 0 Å². The van der Waals surface area contributed by atoms with Crippen LogP contribution in [0.25, 0.3) is 0 Å². The first-order valence-corrected chi connectivity index (χ1v) is 11.7. The molecule has 0 unspecified atom stereocenters. The molecule has 7 nitrogen and oxygen atoms in total. The highest BCUT2D eigenvalue weighted by molar-refractivity contribution is 7.89. The highest BCUT2D eigenvalue weighted by atomic mass is 35.5. The number of benzene rings is 2. The largest absolute Gasteiger partial charge is 0.378 e. The molecule has 1 saturated heterocycles. The summed E-state index contributed by atoms with van der Waals surface area (Å²) < 4.78 is 32.4. The zero-order valence-corrected chi connectivity index (χ0v) is 18.7. The van der Waals surface area contributed by atoms with Crippen LogP contribution < -0.4 is 10.2 Å².